The van der Waals surface area contributed by atoms with Gasteiger partial charge < -0.3 is 15.2 Å². The molecule has 22 heavy (non-hydrogen) atoms. The Morgan fingerprint density at radius 3 is 2.82 bits per heavy atom. The smallest absolute Gasteiger partial charge is 0.191 e. The number of hydrogen-bond acceptors (Lipinski definition) is 3. The summed E-state index contributed by atoms with van der Waals surface area (Å²) in [4.78, 5) is 4.45. The molecule has 0 aliphatic heterocycles. The highest BCUT2D eigenvalue weighted by atomic mass is 19.1. The number of benzene rings is 1. The van der Waals surface area contributed by atoms with Gasteiger partial charge in [-0.05, 0) is 25.0 Å². The number of hydrogen-bond donors (Lipinski definition) is 2. The Hall–Kier alpha value is -2.44. The van der Waals surface area contributed by atoms with Crippen LogP contribution in [-0.4, -0.2) is 33.8 Å². The van der Waals surface area contributed by atoms with Crippen LogP contribution in [0.4, 0.5) is 4.39 Å². The van der Waals surface area contributed by atoms with Crippen molar-refractivity contribution >= 4 is 5.96 Å². The molecule has 0 fully saturated rings. The summed E-state index contributed by atoms with van der Waals surface area (Å²) in [6.45, 7) is 3.79. The molecule has 0 radical (unpaired) electrons. The highest BCUT2D eigenvalue weighted by Gasteiger charge is 2.03. The number of aliphatic imine (C=N–C) groups is 1. The van der Waals surface area contributed by atoms with Gasteiger partial charge in [-0.25, -0.2) is 9.38 Å². The maximum absolute atomic E-state index is 13.5. The zero-order chi connectivity index (χ0) is 15.8. The van der Waals surface area contributed by atoms with E-state index in [1.165, 1.54) is 6.07 Å². The van der Waals surface area contributed by atoms with E-state index in [9.17, 15) is 4.39 Å². The maximum Gasteiger partial charge on any atom is 0.191 e. The number of nitrogens with zero attached hydrogens (tertiary/aromatic N) is 4. The van der Waals surface area contributed by atoms with Gasteiger partial charge in [-0.15, -0.1) is 10.2 Å². The second-order valence-electron chi connectivity index (χ2n) is 4.82. The number of rotatable bonds is 6. The second kappa shape index (κ2) is 8.11. The van der Waals surface area contributed by atoms with Crippen molar-refractivity contribution in [3.05, 3.63) is 47.8 Å². The van der Waals surface area contributed by atoms with Gasteiger partial charge >= 0.3 is 0 Å². The van der Waals surface area contributed by atoms with Crippen molar-refractivity contribution in [3.8, 4) is 0 Å². The molecule has 6 nitrogen and oxygen atoms in total. The minimum atomic E-state index is -0.176. The fraction of sp³-hybridized carbons (Fsp3) is 0.400. The third-order valence-electron chi connectivity index (χ3n) is 3.17. The Morgan fingerprint density at radius 2 is 2.14 bits per heavy atom. The predicted octanol–water partition coefficient (Wildman–Crippen LogP) is 1.25. The van der Waals surface area contributed by atoms with Gasteiger partial charge in [0, 0.05) is 20.1 Å². The predicted molar refractivity (Wildman–Crippen MR) is 83.9 cm³/mol. The number of aromatic nitrogens is 3. The standard InChI is InChI=1S/C15H21FN6/c1-3-17-15(19-10-14-21-20-11-22(14)2)18-9-8-12-6-4-5-7-13(12)16/h4-7,11H,3,8-10H2,1-2H3,(H2,17,18,19). The molecule has 0 aliphatic carbocycles. The molecule has 0 saturated carbocycles. The first-order valence-corrected chi connectivity index (χ1v) is 7.29. The molecule has 1 aromatic heterocycles. The van der Waals surface area contributed by atoms with Crippen LogP contribution in [0.1, 0.15) is 18.3 Å². The minimum absolute atomic E-state index is 0.176. The molecule has 0 unspecified atom stereocenters. The number of halogens is 1. The highest BCUT2D eigenvalue weighted by molar-refractivity contribution is 5.79. The summed E-state index contributed by atoms with van der Waals surface area (Å²) >= 11 is 0. The van der Waals surface area contributed by atoms with Crippen LogP contribution < -0.4 is 10.6 Å². The molecule has 2 rings (SSSR count). The van der Waals surface area contributed by atoms with Gasteiger partial charge in [0.1, 0.15) is 18.7 Å². The lowest BCUT2D eigenvalue weighted by atomic mass is 10.1. The van der Waals surface area contributed by atoms with Gasteiger partial charge in [0.2, 0.25) is 0 Å². The quantitative estimate of drug-likeness (QED) is 0.623. The first-order valence-electron chi connectivity index (χ1n) is 7.29. The van der Waals surface area contributed by atoms with E-state index < -0.39 is 0 Å². The summed E-state index contributed by atoms with van der Waals surface area (Å²) in [7, 11) is 1.88. The molecule has 0 saturated heterocycles. The second-order valence-corrected chi connectivity index (χ2v) is 4.82. The van der Waals surface area contributed by atoms with Gasteiger partial charge in [-0.3, -0.25) is 0 Å². The Labute approximate surface area is 129 Å². The first kappa shape index (κ1) is 15.9. The van der Waals surface area contributed by atoms with E-state index >= 15 is 0 Å². The molecule has 0 amide bonds. The van der Waals surface area contributed by atoms with Gasteiger partial charge in [0.25, 0.3) is 0 Å². The van der Waals surface area contributed by atoms with Crippen LogP contribution in [0.15, 0.2) is 35.6 Å². The Morgan fingerprint density at radius 1 is 1.32 bits per heavy atom. The van der Waals surface area contributed by atoms with Crippen LogP contribution in [-0.2, 0) is 20.0 Å². The van der Waals surface area contributed by atoms with Crippen LogP contribution in [0.5, 0.6) is 0 Å². The van der Waals surface area contributed by atoms with E-state index in [0.717, 1.165) is 12.4 Å². The van der Waals surface area contributed by atoms with Crippen LogP contribution in [0.25, 0.3) is 0 Å². The van der Waals surface area contributed by atoms with Crippen molar-refractivity contribution in [2.24, 2.45) is 12.0 Å². The van der Waals surface area contributed by atoms with E-state index in [0.29, 0.717) is 31.0 Å². The Balaban J connectivity index is 1.89. The fourth-order valence-corrected chi connectivity index (χ4v) is 1.96. The topological polar surface area (TPSA) is 67.1 Å². The van der Waals surface area contributed by atoms with Crippen molar-refractivity contribution < 1.29 is 4.39 Å². The van der Waals surface area contributed by atoms with E-state index in [-0.39, 0.29) is 5.82 Å². The summed E-state index contributed by atoms with van der Waals surface area (Å²) in [6.07, 6.45) is 2.24. The minimum Gasteiger partial charge on any atom is -0.357 e. The fourth-order valence-electron chi connectivity index (χ4n) is 1.96. The molecule has 7 heteroatoms. The average Bonchev–Trinajstić information content (AvgIpc) is 2.92. The number of guanidine groups is 1. The maximum atomic E-state index is 13.5. The summed E-state index contributed by atoms with van der Waals surface area (Å²) < 4.78 is 15.4. The molecule has 1 heterocycles. The van der Waals surface area contributed by atoms with Crippen LogP contribution in [0.3, 0.4) is 0 Å². The first-order chi connectivity index (χ1) is 10.7. The molecule has 0 spiro atoms. The summed E-state index contributed by atoms with van der Waals surface area (Å²) in [6, 6.07) is 6.80. The molecule has 1 aromatic carbocycles. The third kappa shape index (κ3) is 4.54. The van der Waals surface area contributed by atoms with E-state index in [2.05, 4.69) is 25.8 Å². The van der Waals surface area contributed by atoms with Gasteiger partial charge in [0.15, 0.2) is 11.8 Å². The van der Waals surface area contributed by atoms with Crippen LogP contribution >= 0.6 is 0 Å². The lowest BCUT2D eigenvalue weighted by Crippen LogP contribution is -2.38. The Kier molecular flexibility index (Phi) is 5.88. The van der Waals surface area contributed by atoms with Crippen LogP contribution in [0.2, 0.25) is 0 Å². The van der Waals surface area contributed by atoms with Crippen LogP contribution in [0, 0.1) is 5.82 Å². The average molecular weight is 304 g/mol. The molecular formula is C15H21FN6. The third-order valence-corrected chi connectivity index (χ3v) is 3.17. The van der Waals surface area contributed by atoms with Crippen molar-refractivity contribution in [1.29, 1.82) is 0 Å². The largest absolute Gasteiger partial charge is 0.357 e. The zero-order valence-corrected chi connectivity index (χ0v) is 12.9. The molecule has 118 valence electrons. The lowest BCUT2D eigenvalue weighted by molar-refractivity contribution is 0.606. The van der Waals surface area contributed by atoms with Gasteiger partial charge in [-0.2, -0.15) is 0 Å². The van der Waals surface area contributed by atoms with Crippen molar-refractivity contribution in [2.45, 2.75) is 19.9 Å². The molecule has 0 bridgehead atoms. The normalized spacial score (nSPS) is 11.5. The van der Waals surface area contributed by atoms with Gasteiger partial charge in [-0.1, -0.05) is 18.2 Å². The SMILES string of the molecule is CCNC(=NCc1nncn1C)NCCc1ccccc1F. The van der Waals surface area contributed by atoms with E-state index in [1.54, 1.807) is 18.5 Å². The molecule has 0 aliphatic rings. The molecular weight excluding hydrogens is 283 g/mol. The van der Waals surface area contributed by atoms with Crippen molar-refractivity contribution in [1.82, 2.24) is 25.4 Å². The molecule has 2 aromatic rings. The van der Waals surface area contributed by atoms with Crippen molar-refractivity contribution in [2.75, 3.05) is 13.1 Å². The van der Waals surface area contributed by atoms with Crippen molar-refractivity contribution in [3.63, 3.8) is 0 Å². The zero-order valence-electron chi connectivity index (χ0n) is 12.9. The van der Waals surface area contributed by atoms with E-state index in [4.69, 9.17) is 0 Å². The number of nitrogens with one attached hydrogen (secondary N) is 2. The lowest BCUT2D eigenvalue weighted by Gasteiger charge is -2.11. The number of aryl methyl sites for hydroxylation is 1. The highest BCUT2D eigenvalue weighted by Crippen LogP contribution is 2.06. The summed E-state index contributed by atoms with van der Waals surface area (Å²) in [5.74, 6) is 1.29. The van der Waals surface area contributed by atoms with Gasteiger partial charge in [0.05, 0.1) is 0 Å². The Bertz CT molecular complexity index is 622. The molecule has 2 N–H and O–H groups in total. The van der Waals surface area contributed by atoms with E-state index in [1.807, 2.05) is 24.6 Å². The molecule has 0 atom stereocenters. The summed E-state index contributed by atoms with van der Waals surface area (Å²) in [5, 5.41) is 14.2. The summed E-state index contributed by atoms with van der Waals surface area (Å²) in [5.41, 5.74) is 0.694. The monoisotopic (exact) mass is 304 g/mol.